The third kappa shape index (κ3) is 8.59. The van der Waals surface area contributed by atoms with Crippen LogP contribution in [0.5, 0.6) is 0 Å². The molecule has 0 amide bonds. The Hall–Kier alpha value is -2.00. The molecule has 144 valence electrons. The molecule has 4 nitrogen and oxygen atoms in total. The molecule has 0 bridgehead atoms. The van der Waals surface area contributed by atoms with Crippen molar-refractivity contribution in [2.75, 3.05) is 13.2 Å². The second-order valence-corrected chi connectivity index (χ2v) is 4.82. The first kappa shape index (κ1) is 23.0. The van der Waals surface area contributed by atoms with Gasteiger partial charge in [0.2, 0.25) is 0 Å². The Morgan fingerprint density at radius 2 is 1.08 bits per heavy atom. The maximum Gasteiger partial charge on any atom is 0.409 e. The van der Waals surface area contributed by atoms with E-state index in [0.29, 0.717) is 12.2 Å². The Morgan fingerprint density at radius 3 is 1.32 bits per heavy atom. The number of rotatable bonds is 8. The predicted molar refractivity (Wildman–Crippen MR) is 75.3 cm³/mol. The summed E-state index contributed by atoms with van der Waals surface area (Å²) in [5.41, 5.74) is -2.34. The van der Waals surface area contributed by atoms with Crippen LogP contribution in [-0.4, -0.2) is 37.5 Å². The summed E-state index contributed by atoms with van der Waals surface area (Å²) in [4.78, 5) is 24.3. The molecule has 0 spiro atoms. The van der Waals surface area contributed by atoms with Crippen molar-refractivity contribution in [2.45, 2.75) is 39.0 Å². The van der Waals surface area contributed by atoms with Gasteiger partial charge in [0.25, 0.3) is 0 Å². The summed E-state index contributed by atoms with van der Waals surface area (Å²) >= 11 is 0. The first-order valence-corrected chi connectivity index (χ1v) is 7.21. The van der Waals surface area contributed by atoms with Crippen LogP contribution in [0.25, 0.3) is 0 Å². The molecule has 0 N–H and O–H groups in total. The van der Waals surface area contributed by atoms with Gasteiger partial charge in [-0.1, -0.05) is 12.2 Å². The smallest absolute Gasteiger partial charge is 0.409 e. The summed E-state index contributed by atoms with van der Waals surface area (Å²) in [5, 5.41) is 0. The summed E-state index contributed by atoms with van der Waals surface area (Å²) in [6, 6.07) is 0. The van der Waals surface area contributed by atoms with Crippen LogP contribution in [-0.2, 0) is 19.1 Å². The third-order valence-corrected chi connectivity index (χ3v) is 2.88. The molecule has 25 heavy (non-hydrogen) atoms. The van der Waals surface area contributed by atoms with Crippen molar-refractivity contribution in [1.29, 1.82) is 0 Å². The zero-order valence-corrected chi connectivity index (χ0v) is 13.5. The minimum atomic E-state index is -4.71. The summed E-state index contributed by atoms with van der Waals surface area (Å²) in [6.07, 6.45) is -10.5. The topological polar surface area (TPSA) is 52.6 Å². The summed E-state index contributed by atoms with van der Waals surface area (Å²) < 4.78 is 82.9. The number of ether oxygens (including phenoxy) is 2. The van der Waals surface area contributed by atoms with Gasteiger partial charge < -0.3 is 9.47 Å². The van der Waals surface area contributed by atoms with Gasteiger partial charge in [0.1, 0.15) is 0 Å². The molecule has 0 radical (unpaired) electrons. The van der Waals surface area contributed by atoms with E-state index in [-0.39, 0.29) is 25.4 Å². The van der Waals surface area contributed by atoms with Crippen molar-refractivity contribution in [3.8, 4) is 0 Å². The molecule has 10 heteroatoms. The van der Waals surface area contributed by atoms with Crippen LogP contribution in [0.3, 0.4) is 0 Å². The molecule has 0 aromatic heterocycles. The summed E-state index contributed by atoms with van der Waals surface area (Å²) in [7, 11) is 0. The van der Waals surface area contributed by atoms with E-state index in [1.807, 2.05) is 0 Å². The number of carbonyl (C=O) groups is 2. The Labute approximate surface area is 140 Å². The van der Waals surface area contributed by atoms with Crippen LogP contribution in [0.15, 0.2) is 24.3 Å². The lowest BCUT2D eigenvalue weighted by atomic mass is 9.80. The zero-order valence-electron chi connectivity index (χ0n) is 13.5. The van der Waals surface area contributed by atoms with Gasteiger partial charge in [-0.25, -0.2) is 0 Å². The summed E-state index contributed by atoms with van der Waals surface area (Å²) in [6.45, 7) is 2.33. The standard InChI is InChI=1S/C15H18F6O4/c1-3-24-11(22)13(12(23)25-4-2,7-5-9-14(16,17)18)8-6-10-15(19,20)21/h5-6,9-10H,3-4,7-8H2,1-2H3/b9-5-,10-6+. The van der Waals surface area contributed by atoms with Gasteiger partial charge in [-0.15, -0.1) is 0 Å². The van der Waals surface area contributed by atoms with Gasteiger partial charge in [-0.2, -0.15) is 26.3 Å². The monoisotopic (exact) mass is 376 g/mol. The number of esters is 2. The number of alkyl halides is 6. The quantitative estimate of drug-likeness (QED) is 0.277. The van der Waals surface area contributed by atoms with E-state index < -0.39 is 42.5 Å². The molecule has 0 fully saturated rings. The SMILES string of the molecule is CCOC(=O)C(C/C=C\C(F)(F)F)(C/C=C/C(F)(F)F)C(=O)OCC. The second-order valence-electron chi connectivity index (χ2n) is 4.82. The number of hydrogen-bond acceptors (Lipinski definition) is 4. The van der Waals surface area contributed by atoms with Gasteiger partial charge in [0.05, 0.1) is 13.2 Å². The normalized spacial score (nSPS) is 13.4. The van der Waals surface area contributed by atoms with E-state index >= 15 is 0 Å². The largest absolute Gasteiger partial charge is 0.465 e. The molecule has 0 heterocycles. The van der Waals surface area contributed by atoms with Crippen molar-refractivity contribution in [3.05, 3.63) is 24.3 Å². The minimum absolute atomic E-state index is 0.215. The Balaban J connectivity index is 5.78. The molecule has 0 unspecified atom stereocenters. The summed E-state index contributed by atoms with van der Waals surface area (Å²) in [5.74, 6) is -2.51. The average molecular weight is 376 g/mol. The Bertz CT molecular complexity index is 459. The number of hydrogen-bond donors (Lipinski definition) is 0. The second kappa shape index (κ2) is 9.47. The molecule has 0 atom stereocenters. The van der Waals surface area contributed by atoms with Crippen molar-refractivity contribution < 1.29 is 45.4 Å². The van der Waals surface area contributed by atoms with Crippen LogP contribution in [0.4, 0.5) is 26.3 Å². The van der Waals surface area contributed by atoms with Gasteiger partial charge >= 0.3 is 24.3 Å². The lowest BCUT2D eigenvalue weighted by molar-refractivity contribution is -0.172. The van der Waals surface area contributed by atoms with E-state index in [2.05, 4.69) is 9.47 Å². The average Bonchev–Trinajstić information content (AvgIpc) is 2.43. The van der Waals surface area contributed by atoms with E-state index in [1.54, 1.807) is 0 Å². The maximum absolute atomic E-state index is 12.3. The lowest BCUT2D eigenvalue weighted by Crippen LogP contribution is -2.41. The van der Waals surface area contributed by atoms with Gasteiger partial charge in [-0.05, 0) is 26.7 Å². The van der Waals surface area contributed by atoms with Crippen LogP contribution in [0.1, 0.15) is 26.7 Å². The van der Waals surface area contributed by atoms with Crippen LogP contribution >= 0.6 is 0 Å². The highest BCUT2D eigenvalue weighted by atomic mass is 19.4. The first-order valence-electron chi connectivity index (χ1n) is 7.21. The lowest BCUT2D eigenvalue weighted by Gasteiger charge is -2.27. The zero-order chi connectivity index (χ0) is 19.7. The highest BCUT2D eigenvalue weighted by Gasteiger charge is 2.47. The highest BCUT2D eigenvalue weighted by molar-refractivity contribution is 6.00. The number of allylic oxidation sites excluding steroid dienone is 4. The molecule has 0 aliphatic carbocycles. The third-order valence-electron chi connectivity index (χ3n) is 2.88. The first-order chi connectivity index (χ1) is 11.4. The number of halogens is 6. The van der Waals surface area contributed by atoms with Crippen LogP contribution < -0.4 is 0 Å². The fraction of sp³-hybridized carbons (Fsp3) is 0.600. The van der Waals surface area contributed by atoms with Crippen molar-refractivity contribution in [2.24, 2.45) is 5.41 Å². The molecule has 0 saturated carbocycles. The Kier molecular flexibility index (Phi) is 8.72. The van der Waals surface area contributed by atoms with Crippen molar-refractivity contribution in [1.82, 2.24) is 0 Å². The van der Waals surface area contributed by atoms with Gasteiger partial charge in [-0.3, -0.25) is 9.59 Å². The van der Waals surface area contributed by atoms with Crippen molar-refractivity contribution in [3.63, 3.8) is 0 Å². The van der Waals surface area contributed by atoms with Crippen LogP contribution in [0.2, 0.25) is 0 Å². The van der Waals surface area contributed by atoms with E-state index in [1.165, 1.54) is 13.8 Å². The predicted octanol–water partition coefficient (Wildman–Crippen LogP) is 4.12. The Morgan fingerprint density at radius 1 is 0.760 bits per heavy atom. The molecule has 0 rings (SSSR count). The van der Waals surface area contributed by atoms with E-state index in [4.69, 9.17) is 0 Å². The van der Waals surface area contributed by atoms with E-state index in [0.717, 1.165) is 0 Å². The molecule has 0 aliphatic rings. The molecule has 0 aromatic rings. The fourth-order valence-corrected chi connectivity index (χ4v) is 1.83. The number of carbonyl (C=O) groups excluding carboxylic acids is 2. The van der Waals surface area contributed by atoms with Crippen LogP contribution in [0, 0.1) is 5.41 Å². The minimum Gasteiger partial charge on any atom is -0.465 e. The van der Waals surface area contributed by atoms with Gasteiger partial charge in [0, 0.05) is 12.2 Å². The van der Waals surface area contributed by atoms with E-state index in [9.17, 15) is 35.9 Å². The molecule has 0 saturated heterocycles. The van der Waals surface area contributed by atoms with Gasteiger partial charge in [0.15, 0.2) is 5.41 Å². The molecular formula is C15H18F6O4. The molecular weight excluding hydrogens is 358 g/mol. The molecule has 0 aromatic carbocycles. The molecule has 0 aliphatic heterocycles. The van der Waals surface area contributed by atoms with Crippen molar-refractivity contribution >= 4 is 11.9 Å². The highest BCUT2D eigenvalue weighted by Crippen LogP contribution is 2.33. The maximum atomic E-state index is 12.3. The fourth-order valence-electron chi connectivity index (χ4n) is 1.83.